The van der Waals surface area contributed by atoms with Gasteiger partial charge in [-0.1, -0.05) is 13.3 Å². The lowest BCUT2D eigenvalue weighted by Crippen LogP contribution is -2.15. The Morgan fingerprint density at radius 1 is 1.35 bits per heavy atom. The highest BCUT2D eigenvalue weighted by Gasteiger charge is 2.21. The summed E-state index contributed by atoms with van der Waals surface area (Å²) in [5.74, 6) is 2.34. The molecule has 2 aromatic rings. The molecule has 2 aromatic heterocycles. The minimum absolute atomic E-state index is 0.146. The lowest BCUT2D eigenvalue weighted by atomic mass is 10.1. The van der Waals surface area contributed by atoms with Crippen molar-refractivity contribution in [3.8, 4) is 5.95 Å². The molecule has 106 valence electrons. The summed E-state index contributed by atoms with van der Waals surface area (Å²) in [4.78, 5) is 16.3. The van der Waals surface area contributed by atoms with E-state index in [2.05, 4.69) is 37.3 Å². The zero-order valence-electron chi connectivity index (χ0n) is 11.2. The average Bonchev–Trinajstić information content (AvgIpc) is 3.07. The molecule has 2 heterocycles. The van der Waals surface area contributed by atoms with E-state index in [9.17, 15) is 0 Å². The van der Waals surface area contributed by atoms with Gasteiger partial charge in [0.15, 0.2) is 0 Å². The molecule has 0 aromatic carbocycles. The smallest absolute Gasteiger partial charge is 0.258 e. The van der Waals surface area contributed by atoms with Gasteiger partial charge in [-0.15, -0.1) is 0 Å². The first-order chi connectivity index (χ1) is 9.70. The van der Waals surface area contributed by atoms with E-state index in [0.717, 1.165) is 12.5 Å². The first-order valence-corrected chi connectivity index (χ1v) is 7.09. The van der Waals surface area contributed by atoms with Crippen LogP contribution in [0.3, 0.4) is 0 Å². The monoisotopic (exact) mass is 293 g/mol. The molecule has 0 saturated heterocycles. The van der Waals surface area contributed by atoms with Gasteiger partial charge in [0.05, 0.1) is 0 Å². The van der Waals surface area contributed by atoms with Crippen molar-refractivity contribution in [3.63, 3.8) is 0 Å². The number of hydrogen-bond donors (Lipinski definition) is 1. The van der Waals surface area contributed by atoms with Crippen LogP contribution in [0.15, 0.2) is 12.7 Å². The number of nitrogens with zero attached hydrogens (tertiary/aromatic N) is 6. The number of halogens is 1. The summed E-state index contributed by atoms with van der Waals surface area (Å²) in [6.07, 6.45) is 6.75. The molecule has 1 fully saturated rings. The molecule has 0 aliphatic heterocycles. The molecule has 1 aliphatic rings. The Kier molecular flexibility index (Phi) is 3.77. The Hall–Kier alpha value is -1.76. The van der Waals surface area contributed by atoms with E-state index in [1.165, 1.54) is 36.6 Å². The fraction of sp³-hybridized carbons (Fsp3) is 0.583. The molecular weight excluding hydrogens is 278 g/mol. The maximum absolute atomic E-state index is 5.92. The molecule has 0 amide bonds. The highest BCUT2D eigenvalue weighted by atomic mass is 35.5. The van der Waals surface area contributed by atoms with Gasteiger partial charge in [0.2, 0.25) is 11.2 Å². The lowest BCUT2D eigenvalue weighted by Gasteiger charge is -2.11. The number of nitrogens with one attached hydrogen (secondary N) is 1. The number of anilines is 1. The molecule has 20 heavy (non-hydrogen) atoms. The van der Waals surface area contributed by atoms with Gasteiger partial charge in [0.25, 0.3) is 5.95 Å². The van der Waals surface area contributed by atoms with E-state index in [1.54, 1.807) is 0 Å². The van der Waals surface area contributed by atoms with E-state index >= 15 is 0 Å². The summed E-state index contributed by atoms with van der Waals surface area (Å²) in [6, 6.07) is 0. The van der Waals surface area contributed by atoms with Crippen LogP contribution in [0.4, 0.5) is 5.95 Å². The molecule has 2 atom stereocenters. The van der Waals surface area contributed by atoms with Crippen molar-refractivity contribution in [1.82, 2.24) is 29.7 Å². The predicted molar refractivity (Wildman–Crippen MR) is 74.7 cm³/mol. The Bertz CT molecular complexity index is 571. The van der Waals surface area contributed by atoms with E-state index in [1.807, 2.05) is 0 Å². The summed E-state index contributed by atoms with van der Waals surface area (Å²) in [6.45, 7) is 3.16. The molecule has 0 radical (unpaired) electrons. The zero-order chi connectivity index (χ0) is 13.9. The van der Waals surface area contributed by atoms with Crippen molar-refractivity contribution >= 4 is 17.5 Å². The maximum atomic E-state index is 5.92. The van der Waals surface area contributed by atoms with E-state index in [0.29, 0.717) is 17.8 Å². The fourth-order valence-electron chi connectivity index (χ4n) is 2.58. The van der Waals surface area contributed by atoms with Crippen LogP contribution in [0.25, 0.3) is 5.95 Å². The van der Waals surface area contributed by atoms with Crippen LogP contribution in [0.1, 0.15) is 26.2 Å². The molecule has 1 N–H and O–H groups in total. The van der Waals surface area contributed by atoms with E-state index in [-0.39, 0.29) is 5.28 Å². The van der Waals surface area contributed by atoms with Crippen molar-refractivity contribution in [3.05, 3.63) is 17.9 Å². The van der Waals surface area contributed by atoms with E-state index < -0.39 is 0 Å². The Morgan fingerprint density at radius 3 is 2.95 bits per heavy atom. The number of rotatable bonds is 4. The first-order valence-electron chi connectivity index (χ1n) is 6.71. The minimum Gasteiger partial charge on any atom is -0.354 e. The SMILES string of the molecule is CC1CCC(CNc2nc(Cl)nc(-n3cncn3)n2)C1. The molecule has 1 aliphatic carbocycles. The van der Waals surface area contributed by atoms with Gasteiger partial charge in [-0.3, -0.25) is 0 Å². The van der Waals surface area contributed by atoms with Gasteiger partial charge >= 0.3 is 0 Å². The summed E-state index contributed by atoms with van der Waals surface area (Å²) in [7, 11) is 0. The topological polar surface area (TPSA) is 81.4 Å². The van der Waals surface area contributed by atoms with Crippen LogP contribution in [-0.4, -0.2) is 36.3 Å². The third-order valence-electron chi connectivity index (χ3n) is 3.57. The van der Waals surface area contributed by atoms with Gasteiger partial charge < -0.3 is 5.32 Å². The quantitative estimate of drug-likeness (QED) is 0.928. The van der Waals surface area contributed by atoms with Crippen LogP contribution in [-0.2, 0) is 0 Å². The zero-order valence-corrected chi connectivity index (χ0v) is 12.0. The van der Waals surface area contributed by atoms with Gasteiger partial charge in [-0.2, -0.15) is 24.7 Å². The Morgan fingerprint density at radius 2 is 2.25 bits per heavy atom. The van der Waals surface area contributed by atoms with Crippen molar-refractivity contribution in [2.45, 2.75) is 26.2 Å². The fourth-order valence-corrected chi connectivity index (χ4v) is 2.73. The molecule has 8 heteroatoms. The van der Waals surface area contributed by atoms with Gasteiger partial charge in [0.1, 0.15) is 12.7 Å². The van der Waals surface area contributed by atoms with Crippen LogP contribution < -0.4 is 5.32 Å². The Balaban J connectivity index is 1.70. The highest BCUT2D eigenvalue weighted by molar-refractivity contribution is 6.28. The molecule has 1 saturated carbocycles. The molecule has 7 nitrogen and oxygen atoms in total. The maximum Gasteiger partial charge on any atom is 0.258 e. The van der Waals surface area contributed by atoms with Crippen molar-refractivity contribution < 1.29 is 0 Å². The molecular formula is C12H16ClN7. The molecule has 2 unspecified atom stereocenters. The third-order valence-corrected chi connectivity index (χ3v) is 3.74. The standard InChI is InChI=1S/C12H16ClN7/c1-8-2-3-9(4-8)5-15-11-17-10(13)18-12(19-11)20-7-14-6-16-20/h6-9H,2-5H2,1H3,(H,15,17,18,19). The second-order valence-corrected chi connectivity index (χ2v) is 5.57. The van der Waals surface area contributed by atoms with Crippen molar-refractivity contribution in [2.24, 2.45) is 11.8 Å². The largest absolute Gasteiger partial charge is 0.354 e. The summed E-state index contributed by atoms with van der Waals surface area (Å²) >= 11 is 5.92. The Labute approximate surface area is 121 Å². The van der Waals surface area contributed by atoms with Crippen LogP contribution in [0, 0.1) is 11.8 Å². The normalized spacial score (nSPS) is 22.1. The number of aromatic nitrogens is 6. The average molecular weight is 294 g/mol. The second kappa shape index (κ2) is 5.70. The first kappa shape index (κ1) is 13.2. The van der Waals surface area contributed by atoms with Crippen LogP contribution in [0.2, 0.25) is 5.28 Å². The summed E-state index contributed by atoms with van der Waals surface area (Å²) in [5.41, 5.74) is 0. The van der Waals surface area contributed by atoms with Crippen molar-refractivity contribution in [2.75, 3.05) is 11.9 Å². The third kappa shape index (κ3) is 3.04. The molecule has 0 spiro atoms. The van der Waals surface area contributed by atoms with Crippen LogP contribution in [0.5, 0.6) is 0 Å². The lowest BCUT2D eigenvalue weighted by molar-refractivity contribution is 0.535. The minimum atomic E-state index is 0.146. The van der Waals surface area contributed by atoms with Gasteiger partial charge in [0, 0.05) is 6.54 Å². The van der Waals surface area contributed by atoms with Gasteiger partial charge in [-0.05, 0) is 36.3 Å². The predicted octanol–water partition coefficient (Wildman–Crippen LogP) is 1.95. The second-order valence-electron chi connectivity index (χ2n) is 5.23. The number of hydrogen-bond acceptors (Lipinski definition) is 6. The van der Waals surface area contributed by atoms with E-state index in [4.69, 9.17) is 11.6 Å². The van der Waals surface area contributed by atoms with Crippen molar-refractivity contribution in [1.29, 1.82) is 0 Å². The van der Waals surface area contributed by atoms with Gasteiger partial charge in [-0.25, -0.2) is 4.98 Å². The molecule has 3 rings (SSSR count). The highest BCUT2D eigenvalue weighted by Crippen LogP contribution is 2.30. The molecule has 0 bridgehead atoms. The summed E-state index contributed by atoms with van der Waals surface area (Å²) < 4.78 is 1.45. The summed E-state index contributed by atoms with van der Waals surface area (Å²) in [5, 5.41) is 7.37. The van der Waals surface area contributed by atoms with Crippen LogP contribution >= 0.6 is 11.6 Å².